The van der Waals surface area contributed by atoms with E-state index in [1.54, 1.807) is 28.6 Å². The van der Waals surface area contributed by atoms with Gasteiger partial charge in [0.15, 0.2) is 0 Å². The molecule has 0 radical (unpaired) electrons. The zero-order valence-corrected chi connectivity index (χ0v) is 25.1. The number of nitrogens with zero attached hydrogens (tertiary/aromatic N) is 3. The minimum absolute atomic E-state index is 0.0724. The smallest absolute Gasteiger partial charge is 0.243 e. The quantitative estimate of drug-likeness (QED) is 0.393. The van der Waals surface area contributed by atoms with Crippen LogP contribution in [0.15, 0.2) is 29.2 Å². The fraction of sp³-hybridized carbons (Fsp3) is 0.690. The van der Waals surface area contributed by atoms with Gasteiger partial charge in [0, 0.05) is 56.3 Å². The number of terminal acetylenes is 1. The first kappa shape index (κ1) is 33.5. The molecule has 0 bridgehead atoms. The van der Waals surface area contributed by atoms with Crippen molar-refractivity contribution in [3.63, 3.8) is 0 Å². The van der Waals surface area contributed by atoms with Crippen LogP contribution in [0.5, 0.6) is 0 Å². The first-order chi connectivity index (χ1) is 18.6. The van der Waals surface area contributed by atoms with Crippen LogP contribution in [-0.2, 0) is 19.8 Å². The number of rotatable bonds is 7. The number of piperazine rings is 1. The topological polar surface area (TPSA) is 70.2 Å². The lowest BCUT2D eigenvalue weighted by Crippen LogP contribution is -2.57. The maximum atomic E-state index is 12.2. The van der Waals surface area contributed by atoms with Gasteiger partial charge < -0.3 is 4.90 Å². The number of halogens is 2. The van der Waals surface area contributed by atoms with E-state index in [1.807, 2.05) is 18.7 Å². The van der Waals surface area contributed by atoms with Crippen LogP contribution in [0.1, 0.15) is 71.6 Å². The van der Waals surface area contributed by atoms with Crippen LogP contribution < -0.4 is 0 Å². The van der Waals surface area contributed by atoms with Gasteiger partial charge in [0.2, 0.25) is 15.9 Å². The Morgan fingerprint density at radius 2 is 1.46 bits per heavy atom. The zero-order chi connectivity index (χ0) is 28.9. The molecular formula is C29H45ClFN3O4S. The van der Waals surface area contributed by atoms with Crippen molar-refractivity contribution < 1.29 is 22.7 Å². The van der Waals surface area contributed by atoms with Gasteiger partial charge >= 0.3 is 0 Å². The Hall–Kier alpha value is -1.70. The summed E-state index contributed by atoms with van der Waals surface area (Å²) in [5.74, 6) is 0.934. The number of hydrogen-bond donors (Lipinski definition) is 0. The van der Waals surface area contributed by atoms with Crippen molar-refractivity contribution in [1.82, 2.24) is 14.1 Å². The first-order valence-corrected chi connectivity index (χ1v) is 15.8. The predicted octanol–water partition coefficient (Wildman–Crippen LogP) is 5.54. The van der Waals surface area contributed by atoms with Crippen molar-refractivity contribution in [3.05, 3.63) is 29.3 Å². The van der Waals surface area contributed by atoms with Crippen molar-refractivity contribution in [2.24, 2.45) is 5.92 Å². The van der Waals surface area contributed by atoms with Crippen molar-refractivity contribution in [1.29, 1.82) is 0 Å². The summed E-state index contributed by atoms with van der Waals surface area (Å²) in [6.45, 7) is 8.36. The molecule has 2 saturated carbocycles. The average molecular weight is 586 g/mol. The summed E-state index contributed by atoms with van der Waals surface area (Å²) in [5.41, 5.74) is -0.305. The normalized spacial score (nSPS) is 19.8. The maximum absolute atomic E-state index is 12.2. The lowest BCUT2D eigenvalue weighted by Gasteiger charge is -2.43. The fourth-order valence-electron chi connectivity index (χ4n) is 4.34. The van der Waals surface area contributed by atoms with Crippen molar-refractivity contribution in [3.8, 4) is 12.8 Å². The van der Waals surface area contributed by atoms with Gasteiger partial charge in [-0.2, -0.15) is 9.25 Å². The molecule has 0 aromatic heterocycles. The van der Waals surface area contributed by atoms with E-state index < -0.39 is 10.0 Å². The number of benzene rings is 1. The highest BCUT2D eigenvalue weighted by atomic mass is 35.5. The van der Waals surface area contributed by atoms with Crippen LogP contribution >= 0.6 is 11.6 Å². The number of amides is 1. The van der Waals surface area contributed by atoms with Gasteiger partial charge in [-0.15, -0.1) is 12.8 Å². The third-order valence-electron chi connectivity index (χ3n) is 7.18. The Balaban J connectivity index is 0.000000234. The minimum Gasteiger partial charge on any atom is -0.340 e. The van der Waals surface area contributed by atoms with Crippen LogP contribution in [-0.4, -0.2) is 79.8 Å². The summed E-state index contributed by atoms with van der Waals surface area (Å²) in [7, 11) is -3.30. The maximum Gasteiger partial charge on any atom is 0.243 e. The van der Waals surface area contributed by atoms with E-state index in [4.69, 9.17) is 11.6 Å². The second-order valence-corrected chi connectivity index (χ2v) is 13.4. The summed E-state index contributed by atoms with van der Waals surface area (Å²) in [4.78, 5) is 20.2. The monoisotopic (exact) mass is 585 g/mol. The molecule has 1 aromatic carbocycles. The molecule has 0 N–H and O–H groups in total. The van der Waals surface area contributed by atoms with Crippen LogP contribution in [0, 0.1) is 18.8 Å². The summed E-state index contributed by atoms with van der Waals surface area (Å²) in [6.07, 6.45) is 18.7. The Morgan fingerprint density at radius 1 is 0.949 bits per heavy atom. The molecular weight excluding hydrogens is 541 g/mol. The lowest BCUT2D eigenvalue weighted by atomic mass is 10.0. The molecule has 5 rings (SSSR count). The van der Waals surface area contributed by atoms with Crippen molar-refractivity contribution in [2.45, 2.75) is 82.1 Å². The molecule has 4 aliphatic rings. The van der Waals surface area contributed by atoms with Gasteiger partial charge in [-0.25, -0.2) is 8.42 Å². The Labute approximate surface area is 240 Å². The molecule has 2 aliphatic carbocycles. The summed E-state index contributed by atoms with van der Waals surface area (Å²) in [5, 5.41) is 0.553. The highest BCUT2D eigenvalue weighted by Gasteiger charge is 2.33. The van der Waals surface area contributed by atoms with Gasteiger partial charge in [-0.3, -0.25) is 9.69 Å². The number of carbonyl (C=O) groups is 1. The first-order valence-electron chi connectivity index (χ1n) is 14.0. The van der Waals surface area contributed by atoms with Crippen LogP contribution in [0.25, 0.3) is 0 Å². The molecule has 4 fully saturated rings. The molecule has 0 spiro atoms. The average Bonchev–Trinajstić information content (AvgIpc) is 3.86. The molecule has 1 aromatic rings. The molecule has 2 heterocycles. The SMILES string of the molecule is C#C.C1CC1.CC(C)(COF)N1CCN(C(=O)CC2CC2)CC1.O=S(=O)(c1ccc(Cl)cc1)N1CCCCC1. The largest absolute Gasteiger partial charge is 0.340 e. The van der Waals surface area contributed by atoms with E-state index >= 15 is 0 Å². The van der Waals surface area contributed by atoms with Crippen LogP contribution in [0.2, 0.25) is 5.02 Å². The van der Waals surface area contributed by atoms with Crippen LogP contribution in [0.4, 0.5) is 4.53 Å². The van der Waals surface area contributed by atoms with Crippen molar-refractivity contribution >= 4 is 27.5 Å². The van der Waals surface area contributed by atoms with Gasteiger partial charge in [-0.05, 0) is 74.2 Å². The van der Waals surface area contributed by atoms with Gasteiger partial charge in [0.25, 0.3) is 0 Å². The molecule has 2 saturated heterocycles. The molecule has 220 valence electrons. The summed E-state index contributed by atoms with van der Waals surface area (Å²) in [6, 6.07) is 6.34. The van der Waals surface area contributed by atoms with E-state index in [1.165, 1.54) is 32.1 Å². The second-order valence-electron chi connectivity index (χ2n) is 11.1. The van der Waals surface area contributed by atoms with Gasteiger partial charge in [-0.1, -0.05) is 37.3 Å². The van der Waals surface area contributed by atoms with Crippen LogP contribution in [0.3, 0.4) is 0 Å². The second kappa shape index (κ2) is 16.5. The van der Waals surface area contributed by atoms with Gasteiger partial charge in [0.05, 0.1) is 4.90 Å². The van der Waals surface area contributed by atoms with E-state index in [2.05, 4.69) is 22.7 Å². The molecule has 0 unspecified atom stereocenters. The lowest BCUT2D eigenvalue weighted by molar-refractivity contribution is -0.168. The number of hydrogen-bond acceptors (Lipinski definition) is 5. The Kier molecular flexibility index (Phi) is 14.2. The van der Waals surface area contributed by atoms with Gasteiger partial charge in [0.1, 0.15) is 6.61 Å². The van der Waals surface area contributed by atoms with E-state index in [9.17, 15) is 17.7 Å². The fourth-order valence-corrected chi connectivity index (χ4v) is 5.99. The number of carbonyl (C=O) groups excluding carboxylic acids is 1. The third kappa shape index (κ3) is 11.7. The molecule has 39 heavy (non-hydrogen) atoms. The summed E-state index contributed by atoms with van der Waals surface area (Å²) >= 11 is 5.74. The summed E-state index contributed by atoms with van der Waals surface area (Å²) < 4.78 is 37.9. The highest BCUT2D eigenvalue weighted by molar-refractivity contribution is 7.89. The van der Waals surface area contributed by atoms with E-state index in [0.29, 0.717) is 28.9 Å². The Bertz CT molecular complexity index is 981. The molecule has 2 aliphatic heterocycles. The predicted molar refractivity (Wildman–Crippen MR) is 154 cm³/mol. The number of piperidine rings is 1. The third-order valence-corrected chi connectivity index (χ3v) is 9.34. The highest BCUT2D eigenvalue weighted by Crippen LogP contribution is 2.33. The Morgan fingerprint density at radius 3 is 1.92 bits per heavy atom. The van der Waals surface area contributed by atoms with E-state index in [0.717, 1.165) is 51.9 Å². The zero-order valence-electron chi connectivity index (χ0n) is 23.5. The molecule has 0 atom stereocenters. The minimum atomic E-state index is -3.30. The standard InChI is InChI=1S/C13H23FN2O2.C11H14ClNO2S.C3H6.C2H2/c1-13(2,10-18-14)16-7-5-15(6-8-16)12(17)9-11-3-4-11;12-10-4-6-11(7-5-10)16(14,15)13-8-2-1-3-9-13;1-2-3-1;1-2/h11H,3-10H2,1-2H3;4-7H,1-3,8-9H2;1-3H2;1-2H. The van der Waals surface area contributed by atoms with Crippen molar-refractivity contribution in [2.75, 3.05) is 45.9 Å². The number of sulfonamides is 1. The molecule has 7 nitrogen and oxygen atoms in total. The molecule has 1 amide bonds. The van der Waals surface area contributed by atoms with E-state index in [-0.39, 0.29) is 18.1 Å². The molecule has 10 heteroatoms.